The van der Waals surface area contributed by atoms with E-state index in [2.05, 4.69) is 5.32 Å². The lowest BCUT2D eigenvalue weighted by Crippen LogP contribution is -2.51. The molecule has 3 rings (SSSR count). The van der Waals surface area contributed by atoms with Crippen molar-refractivity contribution in [3.05, 3.63) is 59.1 Å². The van der Waals surface area contributed by atoms with Crippen LogP contribution in [0.15, 0.2) is 48.5 Å². The maximum Gasteiger partial charge on any atom is 0.261 e. The molecule has 1 fully saturated rings. The lowest BCUT2D eigenvalue weighted by molar-refractivity contribution is -0.142. The predicted molar refractivity (Wildman–Crippen MR) is 125 cm³/mol. The Morgan fingerprint density at radius 2 is 1.81 bits per heavy atom. The van der Waals surface area contributed by atoms with E-state index in [-0.39, 0.29) is 31.0 Å². The maximum absolute atomic E-state index is 13.2. The van der Waals surface area contributed by atoms with Crippen molar-refractivity contribution in [1.29, 1.82) is 0 Å². The Bertz CT molecular complexity index is 914. The summed E-state index contributed by atoms with van der Waals surface area (Å²) in [5.41, 5.74) is 0.873. The molecule has 6 nitrogen and oxygen atoms in total. The molecule has 0 unspecified atom stereocenters. The highest BCUT2D eigenvalue weighted by molar-refractivity contribution is 6.30. The first kappa shape index (κ1) is 23.9. The van der Waals surface area contributed by atoms with Gasteiger partial charge in [0.15, 0.2) is 6.61 Å². The third kappa shape index (κ3) is 6.89. The Labute approximate surface area is 194 Å². The Morgan fingerprint density at radius 3 is 2.53 bits per heavy atom. The quantitative estimate of drug-likeness (QED) is 0.596. The third-order valence-corrected chi connectivity index (χ3v) is 6.00. The molecule has 2 aromatic carbocycles. The Morgan fingerprint density at radius 1 is 1.09 bits per heavy atom. The molecule has 172 valence electrons. The first-order valence-electron chi connectivity index (χ1n) is 11.1. The summed E-state index contributed by atoms with van der Waals surface area (Å²) in [6, 6.07) is 13.9. The van der Waals surface area contributed by atoms with Crippen molar-refractivity contribution in [2.75, 3.05) is 13.7 Å². The van der Waals surface area contributed by atoms with E-state index in [0.717, 1.165) is 31.2 Å². The van der Waals surface area contributed by atoms with Crippen LogP contribution in [0.25, 0.3) is 0 Å². The number of nitrogens with one attached hydrogen (secondary N) is 1. The summed E-state index contributed by atoms with van der Waals surface area (Å²) in [6.07, 6.45) is 5.43. The minimum atomic E-state index is -0.640. The van der Waals surface area contributed by atoms with Crippen LogP contribution in [-0.4, -0.2) is 42.5 Å². The summed E-state index contributed by atoms with van der Waals surface area (Å²) in [6.45, 7) is 1.84. The molecule has 0 aromatic heterocycles. The lowest BCUT2D eigenvalue weighted by Gasteiger charge is -2.31. The van der Waals surface area contributed by atoms with Gasteiger partial charge in [-0.15, -0.1) is 0 Å². The number of benzene rings is 2. The number of amides is 2. The van der Waals surface area contributed by atoms with Crippen LogP contribution in [0.4, 0.5) is 0 Å². The van der Waals surface area contributed by atoms with Crippen molar-refractivity contribution < 1.29 is 19.1 Å². The van der Waals surface area contributed by atoms with Gasteiger partial charge in [0, 0.05) is 17.6 Å². The smallest absolute Gasteiger partial charge is 0.261 e. The van der Waals surface area contributed by atoms with Crippen LogP contribution in [-0.2, 0) is 16.1 Å². The number of ether oxygens (including phenoxy) is 2. The molecular weight excluding hydrogens is 428 g/mol. The van der Waals surface area contributed by atoms with Crippen molar-refractivity contribution in [2.24, 2.45) is 0 Å². The van der Waals surface area contributed by atoms with Gasteiger partial charge >= 0.3 is 0 Å². The second-order valence-electron chi connectivity index (χ2n) is 8.14. The third-order valence-electron chi connectivity index (χ3n) is 5.76. The van der Waals surface area contributed by atoms with E-state index in [0.29, 0.717) is 16.5 Å². The van der Waals surface area contributed by atoms with Crippen LogP contribution in [0.5, 0.6) is 11.5 Å². The van der Waals surface area contributed by atoms with E-state index >= 15 is 0 Å². The second-order valence-corrected chi connectivity index (χ2v) is 8.58. The van der Waals surface area contributed by atoms with Crippen LogP contribution in [0.2, 0.25) is 5.02 Å². The normalized spacial score (nSPS) is 15.0. The van der Waals surface area contributed by atoms with E-state index in [1.807, 2.05) is 24.3 Å². The van der Waals surface area contributed by atoms with Crippen LogP contribution in [0.1, 0.15) is 44.6 Å². The summed E-state index contributed by atoms with van der Waals surface area (Å²) >= 11 is 6.00. The first-order chi connectivity index (χ1) is 15.5. The van der Waals surface area contributed by atoms with E-state index in [1.165, 1.54) is 6.42 Å². The molecule has 0 spiro atoms. The van der Waals surface area contributed by atoms with Crippen molar-refractivity contribution >= 4 is 23.4 Å². The van der Waals surface area contributed by atoms with Gasteiger partial charge in [0.2, 0.25) is 5.91 Å². The van der Waals surface area contributed by atoms with E-state index in [9.17, 15) is 9.59 Å². The zero-order valence-electron chi connectivity index (χ0n) is 18.7. The molecule has 1 N–H and O–H groups in total. The van der Waals surface area contributed by atoms with Crippen molar-refractivity contribution in [3.63, 3.8) is 0 Å². The fraction of sp³-hybridized carbons (Fsp3) is 0.440. The van der Waals surface area contributed by atoms with E-state index < -0.39 is 6.04 Å². The fourth-order valence-corrected chi connectivity index (χ4v) is 4.08. The second kappa shape index (κ2) is 11.8. The Hall–Kier alpha value is -2.73. The topological polar surface area (TPSA) is 67.9 Å². The number of hydrogen-bond donors (Lipinski definition) is 1. The van der Waals surface area contributed by atoms with Gasteiger partial charge < -0.3 is 19.7 Å². The standard InChI is InChI=1S/C25H31ClN2O4/c1-18(25(30)27-21-10-4-3-5-11-21)28(16-19-8-6-12-22(14-19)31-2)24(29)17-32-23-13-7-9-20(26)15-23/h6-9,12-15,18,21H,3-5,10-11,16-17H2,1-2H3,(H,27,30)/t18-/m1/s1. The predicted octanol–water partition coefficient (Wildman–Crippen LogP) is 4.59. The number of hydrogen-bond acceptors (Lipinski definition) is 4. The average Bonchev–Trinajstić information content (AvgIpc) is 2.81. The molecular formula is C25H31ClN2O4. The molecule has 7 heteroatoms. The molecule has 1 aliphatic carbocycles. The van der Waals surface area contributed by atoms with Crippen molar-refractivity contribution in [2.45, 2.75) is 57.7 Å². The van der Waals surface area contributed by atoms with Gasteiger partial charge in [-0.05, 0) is 55.7 Å². The monoisotopic (exact) mass is 458 g/mol. The molecule has 2 amide bonds. The van der Waals surface area contributed by atoms with Gasteiger partial charge in [-0.1, -0.05) is 49.1 Å². The van der Waals surface area contributed by atoms with E-state index in [4.69, 9.17) is 21.1 Å². The minimum Gasteiger partial charge on any atom is -0.497 e. The Balaban J connectivity index is 1.72. The van der Waals surface area contributed by atoms with Gasteiger partial charge in [0.05, 0.1) is 7.11 Å². The number of rotatable bonds is 9. The zero-order chi connectivity index (χ0) is 22.9. The Kier molecular flexibility index (Phi) is 8.80. The largest absolute Gasteiger partial charge is 0.497 e. The van der Waals surface area contributed by atoms with E-state index in [1.54, 1.807) is 43.2 Å². The van der Waals surface area contributed by atoms with Crippen LogP contribution >= 0.6 is 11.6 Å². The van der Waals surface area contributed by atoms with Crippen LogP contribution < -0.4 is 14.8 Å². The van der Waals surface area contributed by atoms with Crippen LogP contribution in [0.3, 0.4) is 0 Å². The number of methoxy groups -OCH3 is 1. The van der Waals surface area contributed by atoms with Gasteiger partial charge in [0.25, 0.3) is 5.91 Å². The summed E-state index contributed by atoms with van der Waals surface area (Å²) in [5, 5.41) is 3.66. The molecule has 2 aromatic rings. The zero-order valence-corrected chi connectivity index (χ0v) is 19.4. The number of nitrogens with zero attached hydrogens (tertiary/aromatic N) is 1. The minimum absolute atomic E-state index is 0.143. The summed E-state index contributed by atoms with van der Waals surface area (Å²) in [5.74, 6) is 0.783. The lowest BCUT2D eigenvalue weighted by atomic mass is 9.95. The summed E-state index contributed by atoms with van der Waals surface area (Å²) in [4.78, 5) is 27.7. The summed E-state index contributed by atoms with van der Waals surface area (Å²) in [7, 11) is 1.60. The van der Waals surface area contributed by atoms with Gasteiger partial charge in [0.1, 0.15) is 17.5 Å². The fourth-order valence-electron chi connectivity index (χ4n) is 3.90. The summed E-state index contributed by atoms with van der Waals surface area (Å²) < 4.78 is 11.0. The molecule has 1 aliphatic rings. The van der Waals surface area contributed by atoms with Gasteiger partial charge in [-0.3, -0.25) is 9.59 Å². The SMILES string of the molecule is COc1cccc(CN(C(=O)COc2cccc(Cl)c2)[C@H](C)C(=O)NC2CCCCC2)c1. The molecule has 1 atom stereocenters. The molecule has 32 heavy (non-hydrogen) atoms. The first-order valence-corrected chi connectivity index (χ1v) is 11.4. The van der Waals surface area contributed by atoms with Crippen molar-refractivity contribution in [1.82, 2.24) is 10.2 Å². The van der Waals surface area contributed by atoms with Gasteiger partial charge in [-0.2, -0.15) is 0 Å². The molecule has 1 saturated carbocycles. The number of carbonyl (C=O) groups excluding carboxylic acids is 2. The molecule has 0 aliphatic heterocycles. The molecule has 0 radical (unpaired) electrons. The van der Waals surface area contributed by atoms with Crippen LogP contribution in [0, 0.1) is 0 Å². The highest BCUT2D eigenvalue weighted by Gasteiger charge is 2.28. The number of carbonyl (C=O) groups is 2. The average molecular weight is 459 g/mol. The van der Waals surface area contributed by atoms with Crippen molar-refractivity contribution in [3.8, 4) is 11.5 Å². The molecule has 0 saturated heterocycles. The highest BCUT2D eigenvalue weighted by Crippen LogP contribution is 2.20. The molecule has 0 heterocycles. The highest BCUT2D eigenvalue weighted by atomic mass is 35.5. The molecule has 0 bridgehead atoms. The van der Waals surface area contributed by atoms with Gasteiger partial charge in [-0.25, -0.2) is 0 Å². The number of halogens is 1. The maximum atomic E-state index is 13.2.